The summed E-state index contributed by atoms with van der Waals surface area (Å²) in [7, 11) is 0. The van der Waals surface area contributed by atoms with Gasteiger partial charge in [-0.2, -0.15) is 10.1 Å². The summed E-state index contributed by atoms with van der Waals surface area (Å²) in [5.41, 5.74) is 4.29. The van der Waals surface area contributed by atoms with Crippen LogP contribution in [0.3, 0.4) is 0 Å². The number of benzene rings is 2. The van der Waals surface area contributed by atoms with Crippen molar-refractivity contribution in [1.82, 2.24) is 15.2 Å². The number of hydrogen-bond acceptors (Lipinski definition) is 5. The normalized spacial score (nSPS) is 10.5. The van der Waals surface area contributed by atoms with E-state index in [1.165, 1.54) is 17.7 Å². The van der Waals surface area contributed by atoms with Crippen LogP contribution in [0.2, 0.25) is 0 Å². The lowest BCUT2D eigenvalue weighted by molar-refractivity contribution is 0.627. The largest absolute Gasteiger partial charge is 0.349 e. The van der Waals surface area contributed by atoms with Crippen LogP contribution in [0.4, 0.5) is 21.8 Å². The topological polar surface area (TPSA) is 62.7 Å². The van der Waals surface area contributed by atoms with Crippen molar-refractivity contribution in [2.45, 2.75) is 20.4 Å². The van der Waals surface area contributed by atoms with Crippen molar-refractivity contribution in [3.63, 3.8) is 0 Å². The van der Waals surface area contributed by atoms with Crippen LogP contribution >= 0.6 is 0 Å². The Balaban J connectivity index is 1.69. The van der Waals surface area contributed by atoms with E-state index in [4.69, 9.17) is 0 Å². The van der Waals surface area contributed by atoms with Crippen LogP contribution in [-0.2, 0) is 6.54 Å². The fourth-order valence-electron chi connectivity index (χ4n) is 2.25. The van der Waals surface area contributed by atoms with Crippen LogP contribution in [-0.4, -0.2) is 15.2 Å². The van der Waals surface area contributed by atoms with Crippen LogP contribution in [0.25, 0.3) is 0 Å². The SMILES string of the molecule is Cc1cccc(Nc2cnnc(NCc3ccc(F)cc3)n2)c1C. The van der Waals surface area contributed by atoms with Crippen molar-refractivity contribution in [2.24, 2.45) is 0 Å². The van der Waals surface area contributed by atoms with Crippen LogP contribution in [0.1, 0.15) is 16.7 Å². The summed E-state index contributed by atoms with van der Waals surface area (Å²) in [5, 5.41) is 14.3. The van der Waals surface area contributed by atoms with Gasteiger partial charge in [0.1, 0.15) is 5.82 Å². The molecule has 0 spiro atoms. The molecule has 1 aromatic heterocycles. The van der Waals surface area contributed by atoms with Crippen molar-refractivity contribution in [1.29, 1.82) is 0 Å². The first-order valence-electron chi connectivity index (χ1n) is 7.63. The summed E-state index contributed by atoms with van der Waals surface area (Å²) >= 11 is 0. The van der Waals surface area contributed by atoms with Crippen molar-refractivity contribution >= 4 is 17.5 Å². The Hall–Kier alpha value is -3.02. The first kappa shape index (κ1) is 15.9. The molecule has 5 nitrogen and oxygen atoms in total. The highest BCUT2D eigenvalue weighted by atomic mass is 19.1. The smallest absolute Gasteiger partial charge is 0.244 e. The Morgan fingerprint density at radius 2 is 1.83 bits per heavy atom. The molecule has 3 aromatic rings. The van der Waals surface area contributed by atoms with Gasteiger partial charge in [0.2, 0.25) is 5.95 Å². The molecular formula is C18H18FN5. The van der Waals surface area contributed by atoms with Crippen LogP contribution in [0.5, 0.6) is 0 Å². The number of rotatable bonds is 5. The molecular weight excluding hydrogens is 305 g/mol. The second-order valence-corrected chi connectivity index (χ2v) is 5.52. The van der Waals surface area contributed by atoms with Gasteiger partial charge in [-0.15, -0.1) is 5.10 Å². The van der Waals surface area contributed by atoms with Crippen molar-refractivity contribution in [2.75, 3.05) is 10.6 Å². The minimum atomic E-state index is -0.253. The number of aromatic nitrogens is 3. The zero-order valence-corrected chi connectivity index (χ0v) is 13.5. The van der Waals surface area contributed by atoms with Gasteiger partial charge in [-0.3, -0.25) is 0 Å². The van der Waals surface area contributed by atoms with E-state index in [1.54, 1.807) is 18.3 Å². The first-order chi connectivity index (χ1) is 11.6. The molecule has 0 saturated carbocycles. The monoisotopic (exact) mass is 323 g/mol. The molecule has 0 fully saturated rings. The minimum absolute atomic E-state index is 0.253. The van der Waals surface area contributed by atoms with Gasteiger partial charge in [0.25, 0.3) is 0 Å². The molecule has 0 radical (unpaired) electrons. The van der Waals surface area contributed by atoms with Gasteiger partial charge in [0.15, 0.2) is 5.82 Å². The molecule has 1 heterocycles. The van der Waals surface area contributed by atoms with Crippen LogP contribution in [0.15, 0.2) is 48.7 Å². The molecule has 0 aliphatic heterocycles. The van der Waals surface area contributed by atoms with E-state index in [0.717, 1.165) is 16.8 Å². The molecule has 0 saturated heterocycles. The Morgan fingerprint density at radius 3 is 2.62 bits per heavy atom. The average Bonchev–Trinajstić information content (AvgIpc) is 2.59. The first-order valence-corrected chi connectivity index (χ1v) is 7.63. The van der Waals surface area contributed by atoms with Crippen molar-refractivity contribution in [3.05, 3.63) is 71.2 Å². The highest BCUT2D eigenvalue weighted by Crippen LogP contribution is 2.21. The van der Waals surface area contributed by atoms with Gasteiger partial charge in [-0.1, -0.05) is 24.3 Å². The summed E-state index contributed by atoms with van der Waals surface area (Å²) in [6, 6.07) is 12.3. The third-order valence-corrected chi connectivity index (χ3v) is 3.79. The predicted octanol–water partition coefficient (Wildman–Crippen LogP) is 3.98. The Morgan fingerprint density at radius 1 is 1.04 bits per heavy atom. The zero-order chi connectivity index (χ0) is 16.9. The number of hydrogen-bond donors (Lipinski definition) is 2. The lowest BCUT2D eigenvalue weighted by atomic mass is 10.1. The lowest BCUT2D eigenvalue weighted by Gasteiger charge is -2.11. The summed E-state index contributed by atoms with van der Waals surface area (Å²) in [6.45, 7) is 4.61. The molecule has 3 rings (SSSR count). The van der Waals surface area contributed by atoms with E-state index in [0.29, 0.717) is 18.3 Å². The van der Waals surface area contributed by atoms with Gasteiger partial charge in [-0.05, 0) is 48.7 Å². The van der Waals surface area contributed by atoms with E-state index in [2.05, 4.69) is 45.7 Å². The fourth-order valence-corrected chi connectivity index (χ4v) is 2.25. The van der Waals surface area contributed by atoms with Gasteiger partial charge >= 0.3 is 0 Å². The Kier molecular flexibility index (Phi) is 4.65. The lowest BCUT2D eigenvalue weighted by Crippen LogP contribution is -2.06. The van der Waals surface area contributed by atoms with Gasteiger partial charge in [-0.25, -0.2) is 4.39 Å². The molecule has 2 N–H and O–H groups in total. The molecule has 0 bridgehead atoms. The fraction of sp³-hybridized carbons (Fsp3) is 0.167. The maximum atomic E-state index is 12.9. The second-order valence-electron chi connectivity index (χ2n) is 5.52. The van der Waals surface area contributed by atoms with Gasteiger partial charge in [0.05, 0.1) is 6.20 Å². The number of anilines is 3. The van der Waals surface area contributed by atoms with E-state index in [1.807, 2.05) is 12.1 Å². The number of halogens is 1. The van der Waals surface area contributed by atoms with Crippen molar-refractivity contribution in [3.8, 4) is 0 Å². The molecule has 0 amide bonds. The number of nitrogens with zero attached hydrogens (tertiary/aromatic N) is 3. The molecule has 122 valence electrons. The predicted molar refractivity (Wildman–Crippen MR) is 92.8 cm³/mol. The summed E-state index contributed by atoms with van der Waals surface area (Å²) in [4.78, 5) is 4.40. The molecule has 2 aromatic carbocycles. The molecule has 0 atom stereocenters. The van der Waals surface area contributed by atoms with E-state index >= 15 is 0 Å². The van der Waals surface area contributed by atoms with E-state index in [-0.39, 0.29) is 5.82 Å². The third-order valence-electron chi connectivity index (χ3n) is 3.79. The Labute approximate surface area is 140 Å². The third kappa shape index (κ3) is 3.84. The van der Waals surface area contributed by atoms with E-state index < -0.39 is 0 Å². The zero-order valence-electron chi connectivity index (χ0n) is 13.5. The van der Waals surface area contributed by atoms with Crippen LogP contribution in [0, 0.1) is 19.7 Å². The number of aryl methyl sites for hydroxylation is 1. The quantitative estimate of drug-likeness (QED) is 0.743. The number of nitrogens with one attached hydrogen (secondary N) is 2. The summed E-state index contributed by atoms with van der Waals surface area (Å²) in [5.74, 6) is 0.770. The summed E-state index contributed by atoms with van der Waals surface area (Å²) < 4.78 is 12.9. The Bertz CT molecular complexity index is 833. The van der Waals surface area contributed by atoms with Gasteiger partial charge < -0.3 is 10.6 Å². The molecule has 24 heavy (non-hydrogen) atoms. The molecule has 6 heteroatoms. The maximum absolute atomic E-state index is 12.9. The second kappa shape index (κ2) is 7.04. The molecule has 0 aliphatic carbocycles. The maximum Gasteiger partial charge on any atom is 0.244 e. The van der Waals surface area contributed by atoms with Crippen LogP contribution < -0.4 is 10.6 Å². The minimum Gasteiger partial charge on any atom is -0.349 e. The molecule has 0 aliphatic rings. The summed E-state index contributed by atoms with van der Waals surface area (Å²) in [6.07, 6.45) is 1.57. The highest BCUT2D eigenvalue weighted by molar-refractivity contribution is 5.61. The van der Waals surface area contributed by atoms with Gasteiger partial charge in [0, 0.05) is 12.2 Å². The standard InChI is InChI=1S/C18H18FN5/c1-12-4-3-5-16(13(12)2)22-17-11-21-24-18(23-17)20-10-14-6-8-15(19)9-7-14/h3-9,11H,10H2,1-2H3,(H2,20,22,23,24). The molecule has 0 unspecified atom stereocenters. The van der Waals surface area contributed by atoms with Crippen molar-refractivity contribution < 1.29 is 4.39 Å². The highest BCUT2D eigenvalue weighted by Gasteiger charge is 2.04. The average molecular weight is 323 g/mol. The van der Waals surface area contributed by atoms with E-state index in [9.17, 15) is 4.39 Å².